The van der Waals surface area contributed by atoms with Gasteiger partial charge in [-0.1, -0.05) is 19.3 Å². The Hall–Kier alpha value is -0.410. The van der Waals surface area contributed by atoms with Crippen molar-refractivity contribution in [1.29, 1.82) is 0 Å². The van der Waals surface area contributed by atoms with E-state index in [0.29, 0.717) is 6.61 Å². The molecule has 0 amide bonds. The van der Waals surface area contributed by atoms with Crippen molar-refractivity contribution in [3.8, 4) is 0 Å². The molecule has 1 unspecified atom stereocenters. The summed E-state index contributed by atoms with van der Waals surface area (Å²) in [7, 11) is 0. The van der Waals surface area contributed by atoms with Crippen molar-refractivity contribution in [2.75, 3.05) is 6.61 Å². The molecule has 0 aromatic carbocycles. The number of rotatable bonds is 5. The van der Waals surface area contributed by atoms with Crippen molar-refractivity contribution in [3.05, 3.63) is 0 Å². The Bertz CT molecular complexity index is 173. The second-order valence-electron chi connectivity index (χ2n) is 3.88. The zero-order valence-electron chi connectivity index (χ0n) is 9.12. The van der Waals surface area contributed by atoms with E-state index in [1.165, 1.54) is 6.42 Å². The minimum absolute atomic E-state index is 0.275. The first-order valence-corrected chi connectivity index (χ1v) is 5.48. The maximum absolute atomic E-state index is 11.0. The Balaban J connectivity index is 2.46. The van der Waals surface area contributed by atoms with Gasteiger partial charge < -0.3 is 14.3 Å². The van der Waals surface area contributed by atoms with Crippen molar-refractivity contribution in [2.24, 2.45) is 0 Å². The first-order chi connectivity index (χ1) is 6.72. The van der Waals surface area contributed by atoms with Crippen LogP contribution in [0.5, 0.6) is 0 Å². The van der Waals surface area contributed by atoms with Crippen molar-refractivity contribution in [1.82, 2.24) is 0 Å². The highest BCUT2D eigenvalue weighted by atomic mass is 16.7. The van der Waals surface area contributed by atoms with Crippen molar-refractivity contribution >= 4 is 6.29 Å². The number of hydrogen-bond donors (Lipinski definition) is 0. The first-order valence-electron chi connectivity index (χ1n) is 5.48. The Morgan fingerprint density at radius 3 is 2.50 bits per heavy atom. The van der Waals surface area contributed by atoms with Gasteiger partial charge in [0, 0.05) is 6.61 Å². The molecule has 1 atom stereocenters. The fraction of sp³-hybridized carbons (Fsp3) is 0.909. The maximum Gasteiger partial charge on any atom is 0.156 e. The predicted octanol–water partition coefficient (Wildman–Crippen LogP) is 2.29. The molecule has 82 valence electrons. The molecule has 0 aliphatic heterocycles. The molecular weight excluding hydrogens is 180 g/mol. The summed E-state index contributed by atoms with van der Waals surface area (Å²) < 4.78 is 11.0. The van der Waals surface area contributed by atoms with E-state index in [1.54, 1.807) is 0 Å². The van der Waals surface area contributed by atoms with Gasteiger partial charge >= 0.3 is 0 Å². The van der Waals surface area contributed by atoms with Gasteiger partial charge in [-0.25, -0.2) is 0 Å². The summed E-state index contributed by atoms with van der Waals surface area (Å²) in [5.41, 5.74) is -0.563. The average molecular weight is 200 g/mol. The normalized spacial score (nSPS) is 23.0. The quantitative estimate of drug-likeness (QED) is 0.504. The minimum Gasteiger partial charge on any atom is -0.353 e. The molecule has 0 aromatic rings. The zero-order valence-corrected chi connectivity index (χ0v) is 9.12. The van der Waals surface area contributed by atoms with E-state index in [0.717, 1.165) is 32.0 Å². The van der Waals surface area contributed by atoms with Gasteiger partial charge in [0.15, 0.2) is 12.6 Å². The van der Waals surface area contributed by atoms with E-state index in [-0.39, 0.29) is 6.29 Å². The predicted molar refractivity (Wildman–Crippen MR) is 54.1 cm³/mol. The monoisotopic (exact) mass is 200 g/mol. The van der Waals surface area contributed by atoms with Crippen LogP contribution in [-0.2, 0) is 14.3 Å². The van der Waals surface area contributed by atoms with E-state index < -0.39 is 5.60 Å². The summed E-state index contributed by atoms with van der Waals surface area (Å²) in [4.78, 5) is 11.0. The average Bonchev–Trinajstić information content (AvgIpc) is 2.19. The molecule has 0 bridgehead atoms. The Labute approximate surface area is 85.8 Å². The maximum atomic E-state index is 11.0. The van der Waals surface area contributed by atoms with Crippen LogP contribution in [0, 0.1) is 0 Å². The Morgan fingerprint density at radius 2 is 2.00 bits per heavy atom. The third-order valence-corrected chi connectivity index (χ3v) is 2.72. The van der Waals surface area contributed by atoms with E-state index in [1.807, 2.05) is 13.8 Å². The van der Waals surface area contributed by atoms with Gasteiger partial charge in [0.25, 0.3) is 0 Å². The highest BCUT2D eigenvalue weighted by Crippen LogP contribution is 2.31. The number of hydrogen-bond acceptors (Lipinski definition) is 3. The molecule has 3 heteroatoms. The van der Waals surface area contributed by atoms with E-state index >= 15 is 0 Å². The van der Waals surface area contributed by atoms with Crippen LogP contribution in [-0.4, -0.2) is 24.8 Å². The lowest BCUT2D eigenvalue weighted by molar-refractivity contribution is -0.203. The van der Waals surface area contributed by atoms with Crippen molar-refractivity contribution in [2.45, 2.75) is 57.8 Å². The van der Waals surface area contributed by atoms with E-state index in [2.05, 4.69) is 0 Å². The van der Waals surface area contributed by atoms with Crippen LogP contribution in [0.1, 0.15) is 46.0 Å². The summed E-state index contributed by atoms with van der Waals surface area (Å²) in [6.45, 7) is 4.40. The highest BCUT2D eigenvalue weighted by Gasteiger charge is 2.34. The minimum atomic E-state index is -0.563. The van der Waals surface area contributed by atoms with Gasteiger partial charge in [-0.3, -0.25) is 0 Å². The second kappa shape index (κ2) is 5.47. The lowest BCUT2D eigenvalue weighted by atomic mass is 9.86. The molecule has 1 rings (SSSR count). The van der Waals surface area contributed by atoms with Crippen LogP contribution in [0.15, 0.2) is 0 Å². The number of ether oxygens (including phenoxy) is 2. The number of carbonyl (C=O) groups excluding carboxylic acids is 1. The van der Waals surface area contributed by atoms with Crippen molar-refractivity contribution in [3.63, 3.8) is 0 Å². The highest BCUT2D eigenvalue weighted by molar-refractivity contribution is 5.62. The molecule has 0 saturated heterocycles. The fourth-order valence-electron chi connectivity index (χ4n) is 2.01. The second-order valence-corrected chi connectivity index (χ2v) is 3.88. The van der Waals surface area contributed by atoms with Gasteiger partial charge in [-0.05, 0) is 26.7 Å². The van der Waals surface area contributed by atoms with Gasteiger partial charge in [-0.2, -0.15) is 0 Å². The molecular formula is C11H20O3. The van der Waals surface area contributed by atoms with Crippen LogP contribution in [0.3, 0.4) is 0 Å². The fourth-order valence-corrected chi connectivity index (χ4v) is 2.01. The molecule has 14 heavy (non-hydrogen) atoms. The third-order valence-electron chi connectivity index (χ3n) is 2.72. The van der Waals surface area contributed by atoms with Gasteiger partial charge in [0.05, 0.1) is 0 Å². The van der Waals surface area contributed by atoms with Crippen LogP contribution in [0.4, 0.5) is 0 Å². The first kappa shape index (κ1) is 11.7. The lowest BCUT2D eigenvalue weighted by Gasteiger charge is -2.34. The molecule has 0 heterocycles. The summed E-state index contributed by atoms with van der Waals surface area (Å²) in [6, 6.07) is 0. The van der Waals surface area contributed by atoms with Crippen LogP contribution in [0.2, 0.25) is 0 Å². The number of aldehydes is 1. The van der Waals surface area contributed by atoms with Gasteiger partial charge in [-0.15, -0.1) is 0 Å². The van der Waals surface area contributed by atoms with Gasteiger partial charge in [0.2, 0.25) is 0 Å². The zero-order chi connectivity index (χ0) is 10.4. The lowest BCUT2D eigenvalue weighted by Crippen LogP contribution is -2.40. The summed E-state index contributed by atoms with van der Waals surface area (Å²) in [6.07, 6.45) is 5.74. The Morgan fingerprint density at radius 1 is 1.36 bits per heavy atom. The molecule has 1 saturated carbocycles. The molecule has 0 radical (unpaired) electrons. The van der Waals surface area contributed by atoms with Crippen LogP contribution < -0.4 is 0 Å². The van der Waals surface area contributed by atoms with E-state index in [9.17, 15) is 4.79 Å². The topological polar surface area (TPSA) is 35.5 Å². The van der Waals surface area contributed by atoms with Crippen LogP contribution in [0.25, 0.3) is 0 Å². The van der Waals surface area contributed by atoms with Crippen LogP contribution >= 0.6 is 0 Å². The number of carbonyl (C=O) groups is 1. The summed E-state index contributed by atoms with van der Waals surface area (Å²) in [5, 5.41) is 0. The molecule has 0 aromatic heterocycles. The Kier molecular flexibility index (Phi) is 4.55. The van der Waals surface area contributed by atoms with Crippen molar-refractivity contribution < 1.29 is 14.3 Å². The summed E-state index contributed by atoms with van der Waals surface area (Å²) >= 11 is 0. The van der Waals surface area contributed by atoms with E-state index in [4.69, 9.17) is 9.47 Å². The summed E-state index contributed by atoms with van der Waals surface area (Å²) in [5.74, 6) is 0. The largest absolute Gasteiger partial charge is 0.353 e. The van der Waals surface area contributed by atoms with Gasteiger partial charge in [0.1, 0.15) is 5.60 Å². The molecule has 0 N–H and O–H groups in total. The molecule has 0 spiro atoms. The molecule has 1 fully saturated rings. The smallest absolute Gasteiger partial charge is 0.156 e. The molecule has 3 nitrogen and oxygen atoms in total. The third kappa shape index (κ3) is 3.07. The SMILES string of the molecule is CCOC(C)OC1(C=O)CCCCC1. The standard InChI is InChI=1S/C11H20O3/c1-3-13-10(2)14-11(9-12)7-5-4-6-8-11/h9-10H,3-8H2,1-2H3. The molecule has 1 aliphatic carbocycles. The molecule has 1 aliphatic rings.